The SMILES string of the molecule is CCNC(=NCC(=O)N1CCCC1)NCC(C)Oc1cccc(F)c1. The molecule has 2 N–H and O–H groups in total. The van der Waals surface area contributed by atoms with Crippen molar-refractivity contribution in [2.75, 3.05) is 32.7 Å². The standard InChI is InChI=1S/C18H27FN4O2/c1-3-20-18(22-13-17(24)23-9-4-5-10-23)21-12-14(2)25-16-8-6-7-15(19)11-16/h6-8,11,14H,3-5,9-10,12-13H2,1-2H3,(H2,20,21,22). The molecule has 0 radical (unpaired) electrons. The average molecular weight is 350 g/mol. The largest absolute Gasteiger partial charge is 0.489 e. The topological polar surface area (TPSA) is 66.0 Å². The first-order valence-corrected chi connectivity index (χ1v) is 8.80. The predicted octanol–water partition coefficient (Wildman–Crippen LogP) is 1.77. The van der Waals surface area contributed by atoms with Gasteiger partial charge in [-0.05, 0) is 38.8 Å². The van der Waals surface area contributed by atoms with Crippen LogP contribution in [-0.2, 0) is 4.79 Å². The Morgan fingerprint density at radius 1 is 1.36 bits per heavy atom. The van der Waals surface area contributed by atoms with Crippen LogP contribution in [0.15, 0.2) is 29.3 Å². The summed E-state index contributed by atoms with van der Waals surface area (Å²) in [5, 5.41) is 6.26. The molecule has 25 heavy (non-hydrogen) atoms. The lowest BCUT2D eigenvalue weighted by molar-refractivity contribution is -0.128. The van der Waals surface area contributed by atoms with Gasteiger partial charge < -0.3 is 20.3 Å². The first-order chi connectivity index (χ1) is 12.1. The summed E-state index contributed by atoms with van der Waals surface area (Å²) in [5.41, 5.74) is 0. The van der Waals surface area contributed by atoms with E-state index in [0.29, 0.717) is 24.8 Å². The molecule has 1 aromatic rings. The number of nitrogens with zero attached hydrogens (tertiary/aromatic N) is 2. The van der Waals surface area contributed by atoms with E-state index in [0.717, 1.165) is 25.9 Å². The highest BCUT2D eigenvalue weighted by molar-refractivity contribution is 5.85. The number of carbonyl (C=O) groups is 1. The van der Waals surface area contributed by atoms with Crippen LogP contribution >= 0.6 is 0 Å². The Bertz CT molecular complexity index is 588. The molecule has 138 valence electrons. The molecule has 1 aliphatic heterocycles. The molecular formula is C18H27FN4O2. The Kier molecular flexibility index (Phi) is 7.50. The van der Waals surface area contributed by atoms with Gasteiger partial charge >= 0.3 is 0 Å². The monoisotopic (exact) mass is 350 g/mol. The lowest BCUT2D eigenvalue weighted by Gasteiger charge is -2.18. The second-order valence-corrected chi connectivity index (χ2v) is 6.05. The molecule has 0 aliphatic carbocycles. The van der Waals surface area contributed by atoms with Crippen LogP contribution in [0.1, 0.15) is 26.7 Å². The molecule has 1 saturated heterocycles. The van der Waals surface area contributed by atoms with E-state index >= 15 is 0 Å². The quantitative estimate of drug-likeness (QED) is 0.581. The maximum absolute atomic E-state index is 13.2. The molecule has 1 heterocycles. The van der Waals surface area contributed by atoms with Crippen LogP contribution in [0.25, 0.3) is 0 Å². The van der Waals surface area contributed by atoms with Gasteiger partial charge in [-0.2, -0.15) is 0 Å². The molecule has 7 heteroatoms. The van der Waals surface area contributed by atoms with Gasteiger partial charge in [0.15, 0.2) is 5.96 Å². The van der Waals surface area contributed by atoms with Gasteiger partial charge in [-0.15, -0.1) is 0 Å². The molecule has 1 unspecified atom stereocenters. The number of guanidine groups is 1. The van der Waals surface area contributed by atoms with Gasteiger partial charge in [0.25, 0.3) is 0 Å². The molecule has 0 bridgehead atoms. The summed E-state index contributed by atoms with van der Waals surface area (Å²) >= 11 is 0. The predicted molar refractivity (Wildman–Crippen MR) is 96.3 cm³/mol. The van der Waals surface area contributed by atoms with E-state index < -0.39 is 0 Å². The minimum atomic E-state index is -0.326. The fourth-order valence-electron chi connectivity index (χ4n) is 2.61. The number of ether oxygens (including phenoxy) is 1. The first-order valence-electron chi connectivity index (χ1n) is 8.80. The second kappa shape index (κ2) is 9.86. The van der Waals surface area contributed by atoms with E-state index in [9.17, 15) is 9.18 Å². The van der Waals surface area contributed by atoms with Gasteiger partial charge in [-0.1, -0.05) is 6.07 Å². The molecule has 1 fully saturated rings. The average Bonchev–Trinajstić information content (AvgIpc) is 3.12. The van der Waals surface area contributed by atoms with Crippen molar-refractivity contribution in [2.45, 2.75) is 32.8 Å². The summed E-state index contributed by atoms with van der Waals surface area (Å²) in [6.07, 6.45) is 1.96. The van der Waals surface area contributed by atoms with Crippen LogP contribution in [-0.4, -0.2) is 55.6 Å². The Morgan fingerprint density at radius 2 is 2.12 bits per heavy atom. The highest BCUT2D eigenvalue weighted by atomic mass is 19.1. The molecule has 0 saturated carbocycles. The Morgan fingerprint density at radius 3 is 2.80 bits per heavy atom. The summed E-state index contributed by atoms with van der Waals surface area (Å²) < 4.78 is 18.8. The molecule has 1 amide bonds. The zero-order valence-corrected chi connectivity index (χ0v) is 14.9. The smallest absolute Gasteiger partial charge is 0.244 e. The number of hydrogen-bond acceptors (Lipinski definition) is 3. The van der Waals surface area contributed by atoms with E-state index in [-0.39, 0.29) is 24.4 Å². The van der Waals surface area contributed by atoms with Crippen molar-refractivity contribution in [1.82, 2.24) is 15.5 Å². The number of rotatable bonds is 7. The minimum absolute atomic E-state index is 0.0544. The fraction of sp³-hybridized carbons (Fsp3) is 0.556. The number of benzene rings is 1. The molecule has 0 aromatic heterocycles. The van der Waals surface area contributed by atoms with Crippen LogP contribution in [0, 0.1) is 5.82 Å². The third-order valence-corrected chi connectivity index (χ3v) is 3.87. The second-order valence-electron chi connectivity index (χ2n) is 6.05. The van der Waals surface area contributed by atoms with Crippen LogP contribution in [0.4, 0.5) is 4.39 Å². The number of hydrogen-bond donors (Lipinski definition) is 2. The number of nitrogens with one attached hydrogen (secondary N) is 2. The zero-order valence-electron chi connectivity index (χ0n) is 14.9. The van der Waals surface area contributed by atoms with E-state index in [4.69, 9.17) is 4.74 Å². The number of carbonyl (C=O) groups excluding carboxylic acids is 1. The lowest BCUT2D eigenvalue weighted by atomic mass is 10.3. The molecule has 1 atom stereocenters. The number of halogens is 1. The normalized spacial score (nSPS) is 15.8. The van der Waals surface area contributed by atoms with Gasteiger partial charge in [-0.25, -0.2) is 9.38 Å². The first kappa shape index (κ1) is 19.0. The third kappa shape index (κ3) is 6.60. The lowest BCUT2D eigenvalue weighted by Crippen LogP contribution is -2.42. The number of amides is 1. The minimum Gasteiger partial charge on any atom is -0.489 e. The Balaban J connectivity index is 1.81. The summed E-state index contributed by atoms with van der Waals surface area (Å²) in [6, 6.07) is 6.06. The van der Waals surface area contributed by atoms with E-state index in [2.05, 4.69) is 15.6 Å². The van der Waals surface area contributed by atoms with Crippen LogP contribution < -0.4 is 15.4 Å². The van der Waals surface area contributed by atoms with Crippen LogP contribution in [0.3, 0.4) is 0 Å². The number of likely N-dealkylation sites (tertiary alicyclic amines) is 1. The molecular weight excluding hydrogens is 323 g/mol. The molecule has 0 spiro atoms. The van der Waals surface area contributed by atoms with Crippen LogP contribution in [0.5, 0.6) is 5.75 Å². The van der Waals surface area contributed by atoms with Gasteiger partial charge in [0, 0.05) is 25.7 Å². The van der Waals surface area contributed by atoms with Crippen molar-refractivity contribution in [1.29, 1.82) is 0 Å². The summed E-state index contributed by atoms with van der Waals surface area (Å²) in [4.78, 5) is 18.3. The number of aliphatic imine (C=N–C) groups is 1. The van der Waals surface area contributed by atoms with Gasteiger partial charge in [-0.3, -0.25) is 4.79 Å². The van der Waals surface area contributed by atoms with Gasteiger partial charge in [0.2, 0.25) is 5.91 Å². The fourth-order valence-corrected chi connectivity index (χ4v) is 2.61. The zero-order chi connectivity index (χ0) is 18.1. The maximum Gasteiger partial charge on any atom is 0.244 e. The van der Waals surface area contributed by atoms with Crippen molar-refractivity contribution in [3.8, 4) is 5.75 Å². The van der Waals surface area contributed by atoms with Crippen molar-refractivity contribution in [3.05, 3.63) is 30.1 Å². The molecule has 1 aromatic carbocycles. The molecule has 6 nitrogen and oxygen atoms in total. The van der Waals surface area contributed by atoms with E-state index in [1.165, 1.54) is 12.1 Å². The molecule has 2 rings (SSSR count). The highest BCUT2D eigenvalue weighted by Crippen LogP contribution is 2.13. The Hall–Kier alpha value is -2.31. The summed E-state index contributed by atoms with van der Waals surface area (Å²) in [5.74, 6) is 0.789. The Labute approximate surface area is 148 Å². The van der Waals surface area contributed by atoms with Crippen LogP contribution in [0.2, 0.25) is 0 Å². The van der Waals surface area contributed by atoms with E-state index in [1.54, 1.807) is 12.1 Å². The van der Waals surface area contributed by atoms with Crippen molar-refractivity contribution in [2.24, 2.45) is 4.99 Å². The van der Waals surface area contributed by atoms with Gasteiger partial charge in [0.05, 0.1) is 6.54 Å². The van der Waals surface area contributed by atoms with E-state index in [1.807, 2.05) is 18.7 Å². The highest BCUT2D eigenvalue weighted by Gasteiger charge is 2.17. The van der Waals surface area contributed by atoms with Crippen molar-refractivity contribution < 1.29 is 13.9 Å². The third-order valence-electron chi connectivity index (χ3n) is 3.87. The maximum atomic E-state index is 13.2. The van der Waals surface area contributed by atoms with Crippen molar-refractivity contribution >= 4 is 11.9 Å². The molecule has 1 aliphatic rings. The summed E-state index contributed by atoms with van der Waals surface area (Å²) in [6.45, 7) is 6.83. The summed E-state index contributed by atoms with van der Waals surface area (Å²) in [7, 11) is 0. The van der Waals surface area contributed by atoms with Gasteiger partial charge in [0.1, 0.15) is 24.2 Å². The van der Waals surface area contributed by atoms with Crippen molar-refractivity contribution in [3.63, 3.8) is 0 Å².